The van der Waals surface area contributed by atoms with Crippen molar-refractivity contribution in [1.82, 2.24) is 5.09 Å². The first-order valence-corrected chi connectivity index (χ1v) is 9.40. The van der Waals surface area contributed by atoms with E-state index < -0.39 is 7.41 Å². The zero-order valence-electron chi connectivity index (χ0n) is 12.8. The van der Waals surface area contributed by atoms with Crippen LogP contribution in [0, 0.1) is 0 Å². The number of hydrogen-bond donors (Lipinski definition) is 1. The van der Waals surface area contributed by atoms with Crippen molar-refractivity contribution in [3.05, 3.63) is 60.7 Å². The number of carbonyl (C=O) groups is 1. The van der Waals surface area contributed by atoms with Gasteiger partial charge in [0.15, 0.2) is 0 Å². The molecule has 2 nitrogen and oxygen atoms in total. The van der Waals surface area contributed by atoms with Crippen molar-refractivity contribution in [2.75, 3.05) is 12.7 Å². The Hall–Kier alpha value is -1.50. The zero-order valence-corrected chi connectivity index (χ0v) is 13.6. The highest BCUT2D eigenvalue weighted by molar-refractivity contribution is 7.87. The molecule has 2 aromatic rings. The Morgan fingerprint density at radius 2 is 1.43 bits per heavy atom. The van der Waals surface area contributed by atoms with Gasteiger partial charge < -0.3 is 0 Å². The van der Waals surface area contributed by atoms with Crippen LogP contribution in [0.1, 0.15) is 20.3 Å². The van der Waals surface area contributed by atoms with Crippen molar-refractivity contribution in [3.8, 4) is 0 Å². The van der Waals surface area contributed by atoms with Crippen LogP contribution in [0.4, 0.5) is 0 Å². The molecule has 0 unspecified atom stereocenters. The molecular formula is C18H23NOP+. The standard InChI is InChI=1S/C18H23NOP/c1-3-19-21(15-14-16(2)20,17-10-6-4-7-11-17)18-12-8-5-9-13-18/h4-13,19H,3,14-15H2,1-2H3/q+1. The fourth-order valence-electron chi connectivity index (χ4n) is 2.63. The summed E-state index contributed by atoms with van der Waals surface area (Å²) in [4.78, 5) is 11.5. The smallest absolute Gasteiger partial charge is 0.146 e. The molecule has 0 heterocycles. The van der Waals surface area contributed by atoms with E-state index >= 15 is 0 Å². The van der Waals surface area contributed by atoms with Gasteiger partial charge >= 0.3 is 0 Å². The van der Waals surface area contributed by atoms with Gasteiger partial charge in [-0.15, -0.1) is 0 Å². The minimum absolute atomic E-state index is 0.254. The van der Waals surface area contributed by atoms with Crippen molar-refractivity contribution < 1.29 is 4.79 Å². The summed E-state index contributed by atoms with van der Waals surface area (Å²) < 4.78 is 0. The molecule has 0 bridgehead atoms. The lowest BCUT2D eigenvalue weighted by Crippen LogP contribution is -2.36. The van der Waals surface area contributed by atoms with Crippen molar-refractivity contribution >= 4 is 23.8 Å². The lowest BCUT2D eigenvalue weighted by Gasteiger charge is -2.27. The van der Waals surface area contributed by atoms with Crippen LogP contribution in [-0.4, -0.2) is 18.5 Å². The minimum Gasteiger partial charge on any atom is -0.300 e. The molecule has 1 N–H and O–H groups in total. The first-order valence-electron chi connectivity index (χ1n) is 7.43. The van der Waals surface area contributed by atoms with Gasteiger partial charge in [0.25, 0.3) is 0 Å². The van der Waals surface area contributed by atoms with E-state index in [1.54, 1.807) is 6.92 Å². The van der Waals surface area contributed by atoms with Gasteiger partial charge in [-0.05, 0) is 38.1 Å². The van der Waals surface area contributed by atoms with Crippen molar-refractivity contribution in [2.24, 2.45) is 0 Å². The highest BCUT2D eigenvalue weighted by Crippen LogP contribution is 2.52. The molecule has 0 atom stereocenters. The molecule has 0 aliphatic heterocycles. The molecule has 110 valence electrons. The molecule has 0 aliphatic rings. The summed E-state index contributed by atoms with van der Waals surface area (Å²) in [7, 11) is -1.73. The van der Waals surface area contributed by atoms with Crippen molar-refractivity contribution in [3.63, 3.8) is 0 Å². The van der Waals surface area contributed by atoms with Gasteiger partial charge in [0.05, 0.1) is 6.16 Å². The molecular weight excluding hydrogens is 277 g/mol. The van der Waals surface area contributed by atoms with Crippen LogP contribution in [0.5, 0.6) is 0 Å². The van der Waals surface area contributed by atoms with Crippen LogP contribution in [0.2, 0.25) is 0 Å². The second-order valence-electron chi connectivity index (χ2n) is 5.17. The van der Waals surface area contributed by atoms with Crippen LogP contribution >= 0.6 is 7.41 Å². The largest absolute Gasteiger partial charge is 0.300 e. The average molecular weight is 300 g/mol. The molecule has 3 heteroatoms. The number of nitrogens with one attached hydrogen (secondary N) is 1. The van der Waals surface area contributed by atoms with Gasteiger partial charge in [0.1, 0.15) is 23.8 Å². The Morgan fingerprint density at radius 1 is 0.952 bits per heavy atom. The zero-order chi connectivity index (χ0) is 15.1. The molecule has 2 rings (SSSR count). The Bertz CT molecular complexity index is 529. The predicted molar refractivity (Wildman–Crippen MR) is 92.9 cm³/mol. The monoisotopic (exact) mass is 300 g/mol. The topological polar surface area (TPSA) is 29.1 Å². The van der Waals surface area contributed by atoms with E-state index in [0.717, 1.165) is 12.7 Å². The summed E-state index contributed by atoms with van der Waals surface area (Å²) in [6, 6.07) is 21.1. The highest BCUT2D eigenvalue weighted by Gasteiger charge is 2.42. The van der Waals surface area contributed by atoms with E-state index in [2.05, 4.69) is 60.5 Å². The number of ketones is 1. The molecule has 21 heavy (non-hydrogen) atoms. The van der Waals surface area contributed by atoms with E-state index in [0.29, 0.717) is 6.42 Å². The van der Waals surface area contributed by atoms with E-state index in [9.17, 15) is 4.79 Å². The third-order valence-electron chi connectivity index (χ3n) is 3.62. The van der Waals surface area contributed by atoms with E-state index in [-0.39, 0.29) is 5.78 Å². The lowest BCUT2D eigenvalue weighted by atomic mass is 10.3. The average Bonchev–Trinajstić information content (AvgIpc) is 2.53. The quantitative estimate of drug-likeness (QED) is 0.796. The van der Waals surface area contributed by atoms with Crippen LogP contribution in [0.15, 0.2) is 60.7 Å². The van der Waals surface area contributed by atoms with Gasteiger partial charge in [0, 0.05) is 13.0 Å². The second kappa shape index (κ2) is 7.49. The summed E-state index contributed by atoms with van der Waals surface area (Å²) in [6.45, 7) is 4.71. The molecule has 0 radical (unpaired) electrons. The summed E-state index contributed by atoms with van der Waals surface area (Å²) >= 11 is 0. The fourth-order valence-corrected chi connectivity index (χ4v) is 6.52. The molecule has 0 aromatic heterocycles. The number of Topliss-reactive ketones (excluding diaryl/α,β-unsaturated/α-hetero) is 1. The van der Waals surface area contributed by atoms with Gasteiger partial charge in [-0.2, -0.15) is 5.09 Å². The van der Waals surface area contributed by atoms with Crippen molar-refractivity contribution in [2.45, 2.75) is 20.3 Å². The Balaban J connectivity index is 2.51. The minimum atomic E-state index is -1.73. The fraction of sp³-hybridized carbons (Fsp3) is 0.278. The first kappa shape index (κ1) is 15.9. The highest BCUT2D eigenvalue weighted by atomic mass is 31.2. The maximum Gasteiger partial charge on any atom is 0.146 e. The third kappa shape index (κ3) is 3.78. The molecule has 0 amide bonds. The van der Waals surface area contributed by atoms with Gasteiger partial charge in [0.2, 0.25) is 0 Å². The molecule has 0 spiro atoms. The molecule has 2 aromatic carbocycles. The second-order valence-corrected chi connectivity index (χ2v) is 8.58. The van der Waals surface area contributed by atoms with Gasteiger partial charge in [-0.3, -0.25) is 4.79 Å². The van der Waals surface area contributed by atoms with E-state index in [1.165, 1.54) is 10.6 Å². The molecule has 0 saturated heterocycles. The Morgan fingerprint density at radius 3 is 1.81 bits per heavy atom. The van der Waals surface area contributed by atoms with E-state index in [1.807, 2.05) is 12.1 Å². The summed E-state index contributed by atoms with van der Waals surface area (Å²) in [5.41, 5.74) is 0. The van der Waals surface area contributed by atoms with Crippen LogP contribution in [0.25, 0.3) is 0 Å². The van der Waals surface area contributed by atoms with Crippen LogP contribution < -0.4 is 15.7 Å². The van der Waals surface area contributed by atoms with Gasteiger partial charge in [-0.1, -0.05) is 36.4 Å². The summed E-state index contributed by atoms with van der Waals surface area (Å²) in [5.74, 6) is 0.254. The Labute approximate surface area is 128 Å². The maximum absolute atomic E-state index is 11.5. The third-order valence-corrected chi connectivity index (χ3v) is 7.73. The molecule has 0 aliphatic carbocycles. The predicted octanol–water partition coefficient (Wildman–Crippen LogP) is 3.16. The Kier molecular flexibility index (Phi) is 5.67. The van der Waals surface area contributed by atoms with E-state index in [4.69, 9.17) is 0 Å². The maximum atomic E-state index is 11.5. The SMILES string of the molecule is CCN[P+](CCC(C)=O)(c1ccccc1)c1ccccc1. The molecule has 0 fully saturated rings. The van der Waals surface area contributed by atoms with Gasteiger partial charge in [-0.25, -0.2) is 0 Å². The number of benzene rings is 2. The normalized spacial score (nSPS) is 11.3. The summed E-state index contributed by atoms with van der Waals surface area (Å²) in [6.07, 6.45) is 1.49. The summed E-state index contributed by atoms with van der Waals surface area (Å²) in [5, 5.41) is 6.38. The number of rotatable bonds is 7. The number of hydrogen-bond acceptors (Lipinski definition) is 2. The lowest BCUT2D eigenvalue weighted by molar-refractivity contribution is -0.116. The van der Waals surface area contributed by atoms with Crippen molar-refractivity contribution in [1.29, 1.82) is 0 Å². The molecule has 0 saturated carbocycles. The first-order chi connectivity index (χ1) is 10.2. The van der Waals surface area contributed by atoms with Crippen LogP contribution in [-0.2, 0) is 4.79 Å². The number of carbonyl (C=O) groups excluding carboxylic acids is 1. The van der Waals surface area contributed by atoms with Crippen LogP contribution in [0.3, 0.4) is 0 Å².